The van der Waals surface area contributed by atoms with Crippen LogP contribution >= 0.6 is 0 Å². The molecule has 21 heavy (non-hydrogen) atoms. The lowest BCUT2D eigenvalue weighted by atomic mass is 10.1. The number of aliphatic carboxylic acids is 1. The van der Waals surface area contributed by atoms with Gasteiger partial charge >= 0.3 is 12.0 Å². The standard InChI is InChI=1S/C15H15N3O3/c1-2-4-13(14(19)20)18-15(21)17-12-6-3-5-10-7-8-16-9-11(10)12/h2-3,5-9,13H,1,4H2,(H,19,20)(H2,17,18,21). The summed E-state index contributed by atoms with van der Waals surface area (Å²) in [5.41, 5.74) is 0.570. The van der Waals surface area contributed by atoms with Gasteiger partial charge in [0, 0.05) is 17.8 Å². The van der Waals surface area contributed by atoms with Crippen LogP contribution in [0.1, 0.15) is 6.42 Å². The number of urea groups is 1. The van der Waals surface area contributed by atoms with Crippen LogP contribution in [0.15, 0.2) is 49.3 Å². The minimum atomic E-state index is -1.11. The van der Waals surface area contributed by atoms with E-state index in [2.05, 4.69) is 22.2 Å². The molecule has 108 valence electrons. The fourth-order valence-electron chi connectivity index (χ4n) is 1.93. The molecular formula is C15H15N3O3. The van der Waals surface area contributed by atoms with Crippen molar-refractivity contribution in [1.29, 1.82) is 0 Å². The average Bonchev–Trinajstić information content (AvgIpc) is 2.47. The van der Waals surface area contributed by atoms with Crippen LogP contribution in [0.5, 0.6) is 0 Å². The van der Waals surface area contributed by atoms with Crippen molar-refractivity contribution >= 4 is 28.5 Å². The molecular weight excluding hydrogens is 270 g/mol. The SMILES string of the molecule is C=CCC(NC(=O)Nc1cccc2ccncc12)C(=O)O. The Morgan fingerprint density at radius 2 is 2.19 bits per heavy atom. The second-order valence-electron chi connectivity index (χ2n) is 4.42. The lowest BCUT2D eigenvalue weighted by molar-refractivity contribution is -0.139. The van der Waals surface area contributed by atoms with Gasteiger partial charge < -0.3 is 15.7 Å². The van der Waals surface area contributed by atoms with Crippen LogP contribution in [0.4, 0.5) is 10.5 Å². The first kappa shape index (κ1) is 14.5. The third kappa shape index (κ3) is 3.56. The highest BCUT2D eigenvalue weighted by Crippen LogP contribution is 2.21. The maximum Gasteiger partial charge on any atom is 0.326 e. The van der Waals surface area contributed by atoms with Gasteiger partial charge in [-0.15, -0.1) is 6.58 Å². The molecule has 3 N–H and O–H groups in total. The van der Waals surface area contributed by atoms with Gasteiger partial charge in [0.15, 0.2) is 0 Å². The Bertz CT molecular complexity index is 679. The molecule has 0 aliphatic carbocycles. The van der Waals surface area contributed by atoms with E-state index in [1.807, 2.05) is 12.1 Å². The van der Waals surface area contributed by atoms with Gasteiger partial charge in [-0.05, 0) is 23.9 Å². The number of carboxylic acids is 1. The summed E-state index contributed by atoms with van der Waals surface area (Å²) in [7, 11) is 0. The molecule has 1 heterocycles. The number of rotatable bonds is 5. The van der Waals surface area contributed by atoms with E-state index in [0.717, 1.165) is 10.8 Å². The summed E-state index contributed by atoms with van der Waals surface area (Å²) in [6.07, 6.45) is 4.90. The highest BCUT2D eigenvalue weighted by atomic mass is 16.4. The number of hydrogen-bond donors (Lipinski definition) is 3. The zero-order chi connectivity index (χ0) is 15.2. The van der Waals surface area contributed by atoms with Crippen molar-refractivity contribution in [2.24, 2.45) is 0 Å². The van der Waals surface area contributed by atoms with Gasteiger partial charge in [-0.1, -0.05) is 18.2 Å². The van der Waals surface area contributed by atoms with Crippen molar-refractivity contribution in [2.45, 2.75) is 12.5 Å². The van der Waals surface area contributed by atoms with Gasteiger partial charge in [-0.2, -0.15) is 0 Å². The molecule has 1 aromatic heterocycles. The second kappa shape index (κ2) is 6.51. The molecule has 2 amide bonds. The van der Waals surface area contributed by atoms with E-state index in [4.69, 9.17) is 5.11 Å². The normalized spacial score (nSPS) is 11.6. The van der Waals surface area contributed by atoms with Gasteiger partial charge in [-0.3, -0.25) is 4.98 Å². The Morgan fingerprint density at radius 3 is 2.90 bits per heavy atom. The van der Waals surface area contributed by atoms with Gasteiger partial charge in [-0.25, -0.2) is 9.59 Å². The predicted molar refractivity (Wildman–Crippen MR) is 80.1 cm³/mol. The smallest absolute Gasteiger partial charge is 0.326 e. The summed E-state index contributed by atoms with van der Waals surface area (Å²) >= 11 is 0. The number of amides is 2. The Balaban J connectivity index is 2.14. The largest absolute Gasteiger partial charge is 0.480 e. The zero-order valence-electron chi connectivity index (χ0n) is 11.2. The maximum absolute atomic E-state index is 11.9. The number of benzene rings is 1. The summed E-state index contributed by atoms with van der Waals surface area (Å²) in [5.74, 6) is -1.11. The number of aromatic nitrogens is 1. The summed E-state index contributed by atoms with van der Waals surface area (Å²) in [6.45, 7) is 3.47. The molecule has 0 aliphatic heterocycles. The Kier molecular flexibility index (Phi) is 4.50. The van der Waals surface area contributed by atoms with Crippen LogP contribution in [0.25, 0.3) is 10.8 Å². The molecule has 1 atom stereocenters. The molecule has 1 unspecified atom stereocenters. The zero-order valence-corrected chi connectivity index (χ0v) is 11.2. The average molecular weight is 285 g/mol. The molecule has 2 aromatic rings. The molecule has 6 nitrogen and oxygen atoms in total. The number of carbonyl (C=O) groups excluding carboxylic acids is 1. The van der Waals surface area contributed by atoms with E-state index in [1.54, 1.807) is 24.5 Å². The van der Waals surface area contributed by atoms with Crippen molar-refractivity contribution < 1.29 is 14.7 Å². The van der Waals surface area contributed by atoms with E-state index in [-0.39, 0.29) is 6.42 Å². The molecule has 0 spiro atoms. The van der Waals surface area contributed by atoms with E-state index in [0.29, 0.717) is 5.69 Å². The first-order valence-electron chi connectivity index (χ1n) is 6.36. The van der Waals surface area contributed by atoms with Crippen LogP contribution in [-0.2, 0) is 4.79 Å². The predicted octanol–water partition coefficient (Wildman–Crippen LogP) is 2.39. The van der Waals surface area contributed by atoms with Crippen LogP contribution in [0, 0.1) is 0 Å². The van der Waals surface area contributed by atoms with E-state index >= 15 is 0 Å². The molecule has 0 fully saturated rings. The summed E-state index contributed by atoms with van der Waals surface area (Å²) < 4.78 is 0. The number of anilines is 1. The van der Waals surface area contributed by atoms with Crippen LogP contribution in [-0.4, -0.2) is 28.1 Å². The van der Waals surface area contributed by atoms with Crippen LogP contribution < -0.4 is 10.6 Å². The molecule has 2 rings (SSSR count). The fraction of sp³-hybridized carbons (Fsp3) is 0.133. The van der Waals surface area contributed by atoms with E-state index in [1.165, 1.54) is 6.08 Å². The van der Waals surface area contributed by atoms with Crippen molar-refractivity contribution in [3.05, 3.63) is 49.3 Å². The molecule has 1 aromatic carbocycles. The first-order valence-corrected chi connectivity index (χ1v) is 6.36. The van der Waals surface area contributed by atoms with Crippen molar-refractivity contribution in [1.82, 2.24) is 10.3 Å². The fourth-order valence-corrected chi connectivity index (χ4v) is 1.93. The first-order chi connectivity index (χ1) is 10.1. The minimum absolute atomic E-state index is 0.153. The molecule has 0 bridgehead atoms. The number of nitrogens with zero attached hydrogens (tertiary/aromatic N) is 1. The third-order valence-electron chi connectivity index (χ3n) is 2.94. The lowest BCUT2D eigenvalue weighted by Crippen LogP contribution is -2.42. The summed E-state index contributed by atoms with van der Waals surface area (Å²) in [5, 5.41) is 15.7. The monoisotopic (exact) mass is 285 g/mol. The number of hydrogen-bond acceptors (Lipinski definition) is 3. The van der Waals surface area contributed by atoms with E-state index in [9.17, 15) is 9.59 Å². The number of carbonyl (C=O) groups is 2. The van der Waals surface area contributed by atoms with Crippen molar-refractivity contribution in [3.63, 3.8) is 0 Å². The third-order valence-corrected chi connectivity index (χ3v) is 2.94. The molecule has 6 heteroatoms. The lowest BCUT2D eigenvalue weighted by Gasteiger charge is -2.14. The van der Waals surface area contributed by atoms with Crippen molar-refractivity contribution in [2.75, 3.05) is 5.32 Å². The highest BCUT2D eigenvalue weighted by Gasteiger charge is 2.18. The van der Waals surface area contributed by atoms with Gasteiger partial charge in [0.1, 0.15) is 6.04 Å². The van der Waals surface area contributed by atoms with Crippen LogP contribution in [0.3, 0.4) is 0 Å². The van der Waals surface area contributed by atoms with Gasteiger partial charge in [0.05, 0.1) is 5.69 Å². The Morgan fingerprint density at radius 1 is 1.38 bits per heavy atom. The topological polar surface area (TPSA) is 91.3 Å². The second-order valence-corrected chi connectivity index (χ2v) is 4.42. The highest BCUT2D eigenvalue weighted by molar-refractivity contribution is 6.01. The molecule has 0 aliphatic rings. The Labute approximate surface area is 121 Å². The van der Waals surface area contributed by atoms with Crippen molar-refractivity contribution in [3.8, 4) is 0 Å². The van der Waals surface area contributed by atoms with Gasteiger partial charge in [0.2, 0.25) is 0 Å². The molecule has 0 radical (unpaired) electrons. The number of nitrogens with one attached hydrogen (secondary N) is 2. The Hall–Kier alpha value is -2.89. The number of fused-ring (bicyclic) bond motifs is 1. The summed E-state index contributed by atoms with van der Waals surface area (Å²) in [6, 6.07) is 5.67. The molecule has 0 saturated heterocycles. The number of pyridine rings is 1. The maximum atomic E-state index is 11.9. The van der Waals surface area contributed by atoms with E-state index < -0.39 is 18.0 Å². The molecule has 0 saturated carbocycles. The van der Waals surface area contributed by atoms with Crippen LogP contribution in [0.2, 0.25) is 0 Å². The minimum Gasteiger partial charge on any atom is -0.480 e. The van der Waals surface area contributed by atoms with Gasteiger partial charge in [0.25, 0.3) is 0 Å². The number of carboxylic acid groups (broad SMARTS) is 1. The quantitative estimate of drug-likeness (QED) is 0.735. The summed E-state index contributed by atoms with van der Waals surface area (Å²) in [4.78, 5) is 26.9.